The number of piperazine rings is 2. The Labute approximate surface area is 351 Å². The van der Waals surface area contributed by atoms with E-state index >= 15 is 4.39 Å². The Morgan fingerprint density at radius 2 is 1.80 bits per heavy atom. The summed E-state index contributed by atoms with van der Waals surface area (Å²) in [6.45, 7) is 9.09. The molecule has 16 heteroatoms. The molecule has 316 valence electrons. The lowest BCUT2D eigenvalue weighted by Crippen LogP contribution is -2.53. The van der Waals surface area contributed by atoms with Gasteiger partial charge in [0, 0.05) is 87.3 Å². The number of rotatable bonds is 11. The standard InChI is InChI=1S/C45H48FN9O6/c1-3-27-5-4-6-28-20-32(57)21-34(38(27)28)40-39(46)41-35(22-47-40)42(54-23-29-7-8-30(24-54)48-29)51-45(50-41)61-18-17-52-13-15-53(16-14-52)31-9-10-33(26(2)19-31)44(60)55(25-56)36-11-12-37(58)49-43(36)59/h4-6,9-10,19-22,25,29-30,36,48,57H,3,7-8,11-18,23-24H2,1-2H3,(H,49,58,59). The van der Waals surface area contributed by atoms with Crippen molar-refractivity contribution >= 4 is 57.3 Å². The van der Waals surface area contributed by atoms with Gasteiger partial charge in [-0.15, -0.1) is 0 Å². The molecular weight excluding hydrogens is 782 g/mol. The number of ether oxygens (including phenoxy) is 1. The van der Waals surface area contributed by atoms with Crippen LogP contribution in [-0.4, -0.2) is 125 Å². The molecule has 9 rings (SSSR count). The van der Waals surface area contributed by atoms with Crippen LogP contribution < -0.4 is 25.2 Å². The summed E-state index contributed by atoms with van der Waals surface area (Å²) in [5.74, 6) is -1.64. The van der Waals surface area contributed by atoms with Crippen LogP contribution in [0.2, 0.25) is 0 Å². The van der Waals surface area contributed by atoms with E-state index < -0.39 is 29.6 Å². The second-order valence-electron chi connectivity index (χ2n) is 16.4. The zero-order chi connectivity index (χ0) is 42.4. The van der Waals surface area contributed by atoms with Crippen molar-refractivity contribution in [3.63, 3.8) is 0 Å². The third kappa shape index (κ3) is 7.81. The van der Waals surface area contributed by atoms with Crippen LogP contribution in [0.15, 0.2) is 54.7 Å². The quantitative estimate of drug-likeness (QED) is 0.128. The first-order valence-electron chi connectivity index (χ1n) is 21.0. The molecule has 3 aromatic carbocycles. The van der Waals surface area contributed by atoms with Gasteiger partial charge in [0.15, 0.2) is 5.82 Å². The maximum Gasteiger partial charge on any atom is 0.319 e. The molecule has 3 unspecified atom stereocenters. The van der Waals surface area contributed by atoms with Gasteiger partial charge in [-0.05, 0) is 84.8 Å². The van der Waals surface area contributed by atoms with Crippen LogP contribution in [0.4, 0.5) is 15.9 Å². The van der Waals surface area contributed by atoms with Gasteiger partial charge in [0.1, 0.15) is 35.4 Å². The molecule has 15 nitrogen and oxygen atoms in total. The summed E-state index contributed by atoms with van der Waals surface area (Å²) in [5.41, 5.74) is 3.66. The van der Waals surface area contributed by atoms with Crippen LogP contribution in [0.25, 0.3) is 32.9 Å². The molecule has 6 heterocycles. The van der Waals surface area contributed by atoms with Crippen LogP contribution in [0.1, 0.15) is 54.1 Å². The molecule has 4 amide bonds. The van der Waals surface area contributed by atoms with Crippen LogP contribution in [0.3, 0.4) is 0 Å². The van der Waals surface area contributed by atoms with Gasteiger partial charge in [0.2, 0.25) is 18.2 Å². The van der Waals surface area contributed by atoms with E-state index in [0.717, 1.165) is 85.5 Å². The van der Waals surface area contributed by atoms with Crippen LogP contribution in [-0.2, 0) is 20.8 Å². The van der Waals surface area contributed by atoms with E-state index in [9.17, 15) is 24.3 Å². The Balaban J connectivity index is 0.901. The van der Waals surface area contributed by atoms with Crippen molar-refractivity contribution in [3.8, 4) is 23.0 Å². The number of amides is 4. The third-order valence-electron chi connectivity index (χ3n) is 12.6. The molecule has 3 atom stereocenters. The molecule has 2 aromatic heterocycles. The first-order valence-corrected chi connectivity index (χ1v) is 21.0. The first kappa shape index (κ1) is 40.2. The maximum absolute atomic E-state index is 17.0. The fraction of sp³-hybridized carbons (Fsp3) is 0.400. The number of aromatic hydroxyl groups is 1. The molecular formula is C45H48FN9O6. The summed E-state index contributed by atoms with van der Waals surface area (Å²) in [5, 5.41) is 18.7. The predicted molar refractivity (Wildman–Crippen MR) is 227 cm³/mol. The normalized spacial score (nSPS) is 20.6. The fourth-order valence-electron chi connectivity index (χ4n) is 9.39. The number of aryl methyl sites for hydroxylation is 2. The number of phenolic OH excluding ortho intramolecular Hbond substituents is 1. The van der Waals surface area contributed by atoms with E-state index in [4.69, 9.17) is 9.72 Å². The monoisotopic (exact) mass is 829 g/mol. The molecule has 0 saturated carbocycles. The summed E-state index contributed by atoms with van der Waals surface area (Å²) in [6, 6.07) is 14.2. The number of benzene rings is 3. The van der Waals surface area contributed by atoms with Gasteiger partial charge < -0.3 is 25.0 Å². The van der Waals surface area contributed by atoms with E-state index in [2.05, 4.69) is 35.3 Å². The Morgan fingerprint density at radius 3 is 2.52 bits per heavy atom. The van der Waals surface area contributed by atoms with Gasteiger partial charge in [-0.2, -0.15) is 9.97 Å². The van der Waals surface area contributed by atoms with Gasteiger partial charge in [-0.25, -0.2) is 4.39 Å². The molecule has 3 N–H and O–H groups in total. The van der Waals surface area contributed by atoms with Crippen LogP contribution in [0.5, 0.6) is 11.8 Å². The van der Waals surface area contributed by atoms with Gasteiger partial charge >= 0.3 is 6.01 Å². The van der Waals surface area contributed by atoms with Gasteiger partial charge in [-0.1, -0.05) is 25.1 Å². The number of aromatic nitrogens is 3. The molecule has 4 fully saturated rings. The van der Waals surface area contributed by atoms with Crippen LogP contribution in [0, 0.1) is 12.7 Å². The molecule has 61 heavy (non-hydrogen) atoms. The number of fused-ring (bicyclic) bond motifs is 4. The summed E-state index contributed by atoms with van der Waals surface area (Å²) in [6.07, 6.45) is 5.01. The highest BCUT2D eigenvalue weighted by Crippen LogP contribution is 2.39. The van der Waals surface area contributed by atoms with Crippen molar-refractivity contribution in [2.75, 3.05) is 62.2 Å². The SMILES string of the molecule is CCc1cccc2cc(O)cc(-c3ncc4c(N5CC6CCC(C5)N6)nc(OCCN5CCN(c6ccc(C(=O)N(C=O)C7CCC(=O)NC7=O)c(C)c6)CC5)nc4c3F)c12. The Hall–Kier alpha value is -6.26. The zero-order valence-electron chi connectivity index (χ0n) is 34.2. The lowest BCUT2D eigenvalue weighted by molar-refractivity contribution is -0.139. The number of hydrogen-bond acceptors (Lipinski definition) is 13. The Kier molecular flexibility index (Phi) is 11.0. The lowest BCUT2D eigenvalue weighted by Gasteiger charge is -2.36. The smallest absolute Gasteiger partial charge is 0.319 e. The average molecular weight is 830 g/mol. The number of carbonyl (C=O) groups is 4. The summed E-state index contributed by atoms with van der Waals surface area (Å²) >= 11 is 0. The highest BCUT2D eigenvalue weighted by atomic mass is 19.1. The molecule has 0 aliphatic carbocycles. The number of carbonyl (C=O) groups excluding carboxylic acids is 4. The Bertz CT molecular complexity index is 2550. The maximum atomic E-state index is 17.0. The molecule has 0 radical (unpaired) electrons. The molecule has 4 aliphatic heterocycles. The molecule has 5 aromatic rings. The largest absolute Gasteiger partial charge is 0.508 e. The van der Waals surface area contributed by atoms with Crippen molar-refractivity contribution in [2.24, 2.45) is 0 Å². The van der Waals surface area contributed by atoms with E-state index in [0.29, 0.717) is 52.9 Å². The molecule has 4 aliphatic rings. The highest BCUT2D eigenvalue weighted by molar-refractivity contribution is 6.08. The molecule has 0 spiro atoms. The van der Waals surface area contributed by atoms with Gasteiger partial charge in [-0.3, -0.25) is 39.3 Å². The Morgan fingerprint density at radius 1 is 1.02 bits per heavy atom. The topological polar surface area (TPSA) is 173 Å². The fourth-order valence-corrected chi connectivity index (χ4v) is 9.39. The number of imide groups is 2. The lowest BCUT2D eigenvalue weighted by atomic mass is 9.95. The minimum absolute atomic E-state index is 0.0252. The van der Waals surface area contributed by atoms with Crippen molar-refractivity contribution < 1.29 is 33.4 Å². The summed E-state index contributed by atoms with van der Waals surface area (Å²) in [4.78, 5) is 71.1. The minimum Gasteiger partial charge on any atom is -0.508 e. The minimum atomic E-state index is -1.03. The number of phenols is 1. The predicted octanol–water partition coefficient (Wildman–Crippen LogP) is 4.11. The van der Waals surface area contributed by atoms with Crippen molar-refractivity contribution in [2.45, 2.75) is 64.1 Å². The van der Waals surface area contributed by atoms with E-state index in [1.165, 1.54) is 0 Å². The van der Waals surface area contributed by atoms with Crippen molar-refractivity contribution in [1.29, 1.82) is 0 Å². The molecule has 4 saturated heterocycles. The number of nitrogens with one attached hydrogen (secondary N) is 2. The highest BCUT2D eigenvalue weighted by Gasteiger charge is 2.36. The summed E-state index contributed by atoms with van der Waals surface area (Å²) in [7, 11) is 0. The number of pyridine rings is 1. The third-order valence-corrected chi connectivity index (χ3v) is 12.6. The zero-order valence-corrected chi connectivity index (χ0v) is 34.2. The first-order chi connectivity index (χ1) is 29.6. The van der Waals surface area contributed by atoms with Crippen LogP contribution >= 0.6 is 0 Å². The van der Waals surface area contributed by atoms with Crippen molar-refractivity contribution in [1.82, 2.24) is 35.4 Å². The summed E-state index contributed by atoms with van der Waals surface area (Å²) < 4.78 is 23.2. The van der Waals surface area contributed by atoms with Crippen molar-refractivity contribution in [3.05, 3.63) is 77.2 Å². The second-order valence-corrected chi connectivity index (χ2v) is 16.4. The van der Waals surface area contributed by atoms with Gasteiger partial charge in [0.25, 0.3) is 5.91 Å². The number of hydrogen-bond donors (Lipinski definition) is 3. The van der Waals surface area contributed by atoms with E-state index in [-0.39, 0.29) is 42.4 Å². The average Bonchev–Trinajstić information content (AvgIpc) is 3.60. The van der Waals surface area contributed by atoms with Gasteiger partial charge in [0.05, 0.1) is 5.39 Å². The second kappa shape index (κ2) is 16.7. The number of nitrogens with zero attached hydrogens (tertiary/aromatic N) is 7. The van der Waals surface area contributed by atoms with E-state index in [1.807, 2.05) is 37.3 Å². The number of piperidine rings is 1. The number of anilines is 2. The van der Waals surface area contributed by atoms with E-state index in [1.54, 1.807) is 31.3 Å². The molecule has 2 bridgehead atoms. The number of halogens is 1.